The molecule has 0 atom stereocenters. The van der Waals surface area contributed by atoms with Crippen molar-refractivity contribution in [3.63, 3.8) is 0 Å². The van der Waals surface area contributed by atoms with Crippen molar-refractivity contribution in [1.82, 2.24) is 15.5 Å². The Morgan fingerprint density at radius 3 is 2.75 bits per heavy atom. The average Bonchev–Trinajstić information content (AvgIpc) is 2.79. The standard InChI is InChI=1S/C16H21N3O/c1-11-5-3-4-6-15(11)13-9-14(10-13)17-8-7-16-18-12(2)20-19-16/h3-6,13-14,17H,7-10H2,1-2H3. The third-order valence-electron chi connectivity index (χ3n) is 4.12. The van der Waals surface area contributed by atoms with Crippen molar-refractivity contribution in [2.45, 2.75) is 45.1 Å². The van der Waals surface area contributed by atoms with E-state index in [9.17, 15) is 0 Å². The van der Waals surface area contributed by atoms with Crippen molar-refractivity contribution < 1.29 is 4.52 Å². The number of benzene rings is 1. The maximum atomic E-state index is 4.96. The maximum Gasteiger partial charge on any atom is 0.223 e. The van der Waals surface area contributed by atoms with Gasteiger partial charge in [0, 0.05) is 25.9 Å². The quantitative estimate of drug-likeness (QED) is 0.908. The molecule has 1 fully saturated rings. The molecule has 0 aliphatic heterocycles. The van der Waals surface area contributed by atoms with Crippen LogP contribution in [0.5, 0.6) is 0 Å². The van der Waals surface area contributed by atoms with Crippen LogP contribution in [0.1, 0.15) is 41.6 Å². The fourth-order valence-electron chi connectivity index (χ4n) is 2.91. The van der Waals surface area contributed by atoms with Gasteiger partial charge in [-0.1, -0.05) is 29.4 Å². The second-order valence-electron chi connectivity index (χ2n) is 5.66. The molecular weight excluding hydrogens is 250 g/mol. The molecule has 0 radical (unpaired) electrons. The molecule has 0 unspecified atom stereocenters. The first-order valence-corrected chi connectivity index (χ1v) is 7.30. The van der Waals surface area contributed by atoms with Crippen LogP contribution in [0.15, 0.2) is 28.8 Å². The summed E-state index contributed by atoms with van der Waals surface area (Å²) in [5, 5.41) is 7.48. The highest BCUT2D eigenvalue weighted by Gasteiger charge is 2.30. The van der Waals surface area contributed by atoms with E-state index in [0.717, 1.165) is 24.7 Å². The summed E-state index contributed by atoms with van der Waals surface area (Å²) >= 11 is 0. The van der Waals surface area contributed by atoms with Gasteiger partial charge in [-0.3, -0.25) is 0 Å². The predicted octanol–water partition coefficient (Wildman–Crippen LogP) is 2.76. The van der Waals surface area contributed by atoms with Gasteiger partial charge in [0.05, 0.1) is 0 Å². The number of hydrogen-bond acceptors (Lipinski definition) is 4. The van der Waals surface area contributed by atoms with Gasteiger partial charge in [0.25, 0.3) is 0 Å². The smallest absolute Gasteiger partial charge is 0.223 e. The Morgan fingerprint density at radius 1 is 1.25 bits per heavy atom. The van der Waals surface area contributed by atoms with Crippen molar-refractivity contribution >= 4 is 0 Å². The van der Waals surface area contributed by atoms with Crippen LogP contribution in [-0.2, 0) is 6.42 Å². The van der Waals surface area contributed by atoms with Gasteiger partial charge < -0.3 is 9.84 Å². The van der Waals surface area contributed by atoms with Crippen molar-refractivity contribution in [2.75, 3.05) is 6.54 Å². The van der Waals surface area contributed by atoms with Crippen LogP contribution in [0.25, 0.3) is 0 Å². The summed E-state index contributed by atoms with van der Waals surface area (Å²) in [6.07, 6.45) is 3.30. The van der Waals surface area contributed by atoms with Crippen LogP contribution < -0.4 is 5.32 Å². The van der Waals surface area contributed by atoms with Crippen LogP contribution in [0.3, 0.4) is 0 Å². The molecular formula is C16H21N3O. The van der Waals surface area contributed by atoms with Gasteiger partial charge >= 0.3 is 0 Å². The van der Waals surface area contributed by atoms with E-state index in [0.29, 0.717) is 11.9 Å². The molecule has 4 nitrogen and oxygen atoms in total. The number of rotatable bonds is 5. The van der Waals surface area contributed by atoms with Crippen molar-refractivity contribution in [2.24, 2.45) is 0 Å². The largest absolute Gasteiger partial charge is 0.340 e. The molecule has 2 aromatic rings. The molecule has 0 bridgehead atoms. The van der Waals surface area contributed by atoms with Gasteiger partial charge in [-0.05, 0) is 36.8 Å². The monoisotopic (exact) mass is 271 g/mol. The highest BCUT2D eigenvalue weighted by atomic mass is 16.5. The Hall–Kier alpha value is -1.68. The Labute approximate surface area is 119 Å². The van der Waals surface area contributed by atoms with E-state index in [1.165, 1.54) is 24.0 Å². The zero-order valence-electron chi connectivity index (χ0n) is 12.1. The van der Waals surface area contributed by atoms with Crippen LogP contribution in [0.4, 0.5) is 0 Å². The minimum Gasteiger partial charge on any atom is -0.340 e. The lowest BCUT2D eigenvalue weighted by molar-refractivity contribution is 0.291. The molecule has 1 aromatic carbocycles. The van der Waals surface area contributed by atoms with Gasteiger partial charge in [-0.15, -0.1) is 0 Å². The van der Waals surface area contributed by atoms with Gasteiger partial charge in [-0.25, -0.2) is 0 Å². The van der Waals surface area contributed by atoms with Gasteiger partial charge in [0.1, 0.15) is 0 Å². The molecule has 1 heterocycles. The minimum atomic E-state index is 0.632. The molecule has 1 N–H and O–H groups in total. The zero-order chi connectivity index (χ0) is 13.9. The third kappa shape index (κ3) is 2.90. The SMILES string of the molecule is Cc1nc(CCNC2CC(c3ccccc3C)C2)no1. The van der Waals surface area contributed by atoms with E-state index in [2.05, 4.69) is 46.6 Å². The van der Waals surface area contributed by atoms with Gasteiger partial charge in [0.15, 0.2) is 5.82 Å². The van der Waals surface area contributed by atoms with E-state index in [-0.39, 0.29) is 0 Å². The van der Waals surface area contributed by atoms with E-state index >= 15 is 0 Å². The van der Waals surface area contributed by atoms with Crippen LogP contribution in [-0.4, -0.2) is 22.7 Å². The molecule has 20 heavy (non-hydrogen) atoms. The van der Waals surface area contributed by atoms with Gasteiger partial charge in [-0.2, -0.15) is 4.98 Å². The lowest BCUT2D eigenvalue weighted by Gasteiger charge is -2.37. The second-order valence-corrected chi connectivity index (χ2v) is 5.66. The number of aromatic nitrogens is 2. The summed E-state index contributed by atoms with van der Waals surface area (Å²) in [4.78, 5) is 4.21. The molecule has 1 saturated carbocycles. The summed E-state index contributed by atoms with van der Waals surface area (Å²) in [6.45, 7) is 4.95. The molecule has 0 amide bonds. The Balaban J connectivity index is 1.41. The van der Waals surface area contributed by atoms with Crippen molar-refractivity contribution in [1.29, 1.82) is 0 Å². The van der Waals surface area contributed by atoms with E-state index in [1.807, 2.05) is 6.92 Å². The summed E-state index contributed by atoms with van der Waals surface area (Å²) in [5.41, 5.74) is 2.93. The normalized spacial score (nSPS) is 21.7. The molecule has 106 valence electrons. The molecule has 0 saturated heterocycles. The molecule has 3 rings (SSSR count). The van der Waals surface area contributed by atoms with Crippen molar-refractivity contribution in [3.05, 3.63) is 47.1 Å². The Kier molecular flexibility index (Phi) is 3.83. The van der Waals surface area contributed by atoms with Crippen molar-refractivity contribution in [3.8, 4) is 0 Å². The zero-order valence-corrected chi connectivity index (χ0v) is 12.1. The Bertz CT molecular complexity index is 573. The lowest BCUT2D eigenvalue weighted by atomic mass is 9.74. The maximum absolute atomic E-state index is 4.96. The summed E-state index contributed by atoms with van der Waals surface area (Å²) in [6, 6.07) is 9.35. The summed E-state index contributed by atoms with van der Waals surface area (Å²) < 4.78 is 4.96. The minimum absolute atomic E-state index is 0.632. The molecule has 1 aromatic heterocycles. The van der Waals surface area contributed by atoms with Crippen LogP contribution in [0, 0.1) is 13.8 Å². The summed E-state index contributed by atoms with van der Waals surface area (Å²) in [7, 11) is 0. The first-order valence-electron chi connectivity index (χ1n) is 7.30. The molecule has 0 spiro atoms. The first-order chi connectivity index (χ1) is 9.72. The van der Waals surface area contributed by atoms with Crippen LogP contribution in [0.2, 0.25) is 0 Å². The second kappa shape index (κ2) is 5.75. The van der Waals surface area contributed by atoms with E-state index < -0.39 is 0 Å². The fraction of sp³-hybridized carbons (Fsp3) is 0.500. The van der Waals surface area contributed by atoms with E-state index in [1.54, 1.807) is 0 Å². The fourth-order valence-corrected chi connectivity index (χ4v) is 2.91. The molecule has 4 heteroatoms. The topological polar surface area (TPSA) is 51.0 Å². The highest BCUT2D eigenvalue weighted by Crippen LogP contribution is 2.38. The van der Waals surface area contributed by atoms with E-state index in [4.69, 9.17) is 4.52 Å². The lowest BCUT2D eigenvalue weighted by Crippen LogP contribution is -2.41. The number of hydrogen-bond donors (Lipinski definition) is 1. The number of nitrogens with zero attached hydrogens (tertiary/aromatic N) is 2. The predicted molar refractivity (Wildman–Crippen MR) is 77.7 cm³/mol. The first kappa shape index (κ1) is 13.3. The Morgan fingerprint density at radius 2 is 2.05 bits per heavy atom. The molecule has 1 aliphatic carbocycles. The third-order valence-corrected chi connectivity index (χ3v) is 4.12. The number of aryl methyl sites for hydroxylation is 2. The summed E-state index contributed by atoms with van der Waals surface area (Å²) in [5.74, 6) is 2.16. The highest BCUT2D eigenvalue weighted by molar-refractivity contribution is 5.31. The average molecular weight is 271 g/mol. The number of nitrogens with one attached hydrogen (secondary N) is 1. The van der Waals surface area contributed by atoms with Gasteiger partial charge in [0.2, 0.25) is 5.89 Å². The molecule has 1 aliphatic rings. The van der Waals surface area contributed by atoms with Crippen LogP contribution >= 0.6 is 0 Å².